The largest absolute Gasteiger partial charge is 0.496 e. The first-order chi connectivity index (χ1) is 8.76. The highest BCUT2D eigenvalue weighted by Crippen LogP contribution is 2.27. The first-order valence-corrected chi connectivity index (χ1v) is 6.17. The Kier molecular flexibility index (Phi) is 4.00. The molecule has 0 saturated heterocycles. The number of nitrogens with one attached hydrogen (secondary N) is 1. The molecule has 94 valence electrons. The molecule has 18 heavy (non-hydrogen) atoms. The summed E-state index contributed by atoms with van der Waals surface area (Å²) in [4.78, 5) is 0. The molecule has 1 unspecified atom stereocenters. The smallest absolute Gasteiger partial charge is 0.123 e. The van der Waals surface area contributed by atoms with Crippen LogP contribution in [0, 0.1) is 0 Å². The van der Waals surface area contributed by atoms with Gasteiger partial charge >= 0.3 is 0 Å². The monoisotopic (exact) mass is 241 g/mol. The van der Waals surface area contributed by atoms with E-state index in [-0.39, 0.29) is 6.04 Å². The normalized spacial score (nSPS) is 12.3. The quantitative estimate of drug-likeness (QED) is 0.809. The molecule has 2 heteroatoms. The molecule has 0 fully saturated rings. The predicted molar refractivity (Wildman–Crippen MR) is 77.0 cm³/mol. The summed E-state index contributed by atoms with van der Waals surface area (Å²) in [7, 11) is 1.71. The van der Waals surface area contributed by atoms with Crippen LogP contribution in [0.15, 0.2) is 49.1 Å². The molecule has 0 heterocycles. The summed E-state index contributed by atoms with van der Waals surface area (Å²) in [5, 5.41) is 5.89. The van der Waals surface area contributed by atoms with Crippen LogP contribution in [0.1, 0.15) is 12.5 Å². The van der Waals surface area contributed by atoms with Crippen molar-refractivity contribution >= 4 is 10.8 Å². The Hall–Kier alpha value is -1.80. The molecule has 0 aliphatic carbocycles. The van der Waals surface area contributed by atoms with E-state index >= 15 is 0 Å². The topological polar surface area (TPSA) is 21.3 Å². The standard InChI is InChI=1S/C16H19NO/c1-4-12(2)17-11-15-14-8-6-5-7-13(14)9-10-16(15)18-3/h4-10,12,17H,1,11H2,2-3H3. The number of hydrogen-bond donors (Lipinski definition) is 1. The molecule has 0 saturated carbocycles. The minimum Gasteiger partial charge on any atom is -0.496 e. The number of fused-ring (bicyclic) bond motifs is 1. The third-order valence-corrected chi connectivity index (χ3v) is 3.17. The third kappa shape index (κ3) is 2.54. The zero-order chi connectivity index (χ0) is 13.0. The van der Waals surface area contributed by atoms with Crippen LogP contribution in [0.25, 0.3) is 10.8 Å². The summed E-state index contributed by atoms with van der Waals surface area (Å²) < 4.78 is 5.45. The van der Waals surface area contributed by atoms with Gasteiger partial charge < -0.3 is 10.1 Å². The van der Waals surface area contributed by atoms with Gasteiger partial charge in [0.15, 0.2) is 0 Å². The van der Waals surface area contributed by atoms with Gasteiger partial charge in [0.25, 0.3) is 0 Å². The fraction of sp³-hybridized carbons (Fsp3) is 0.250. The van der Waals surface area contributed by atoms with E-state index in [1.165, 1.54) is 16.3 Å². The first-order valence-electron chi connectivity index (χ1n) is 6.17. The van der Waals surface area contributed by atoms with Crippen molar-refractivity contribution in [3.63, 3.8) is 0 Å². The van der Waals surface area contributed by atoms with Crippen LogP contribution in [0.4, 0.5) is 0 Å². The summed E-state index contributed by atoms with van der Waals surface area (Å²) >= 11 is 0. The van der Waals surface area contributed by atoms with Crippen LogP contribution < -0.4 is 10.1 Å². The van der Waals surface area contributed by atoms with Crippen LogP contribution in [0.3, 0.4) is 0 Å². The van der Waals surface area contributed by atoms with Crippen LogP contribution in [0.5, 0.6) is 5.75 Å². The molecule has 0 aromatic heterocycles. The maximum Gasteiger partial charge on any atom is 0.123 e. The van der Waals surface area contributed by atoms with Gasteiger partial charge in [-0.2, -0.15) is 0 Å². The highest BCUT2D eigenvalue weighted by atomic mass is 16.5. The predicted octanol–water partition coefficient (Wildman–Crippen LogP) is 3.51. The van der Waals surface area contributed by atoms with Crippen molar-refractivity contribution in [3.05, 3.63) is 54.6 Å². The van der Waals surface area contributed by atoms with E-state index in [0.29, 0.717) is 0 Å². The lowest BCUT2D eigenvalue weighted by Crippen LogP contribution is -2.23. The van der Waals surface area contributed by atoms with E-state index in [0.717, 1.165) is 12.3 Å². The Morgan fingerprint density at radius 3 is 2.78 bits per heavy atom. The van der Waals surface area contributed by atoms with Gasteiger partial charge in [-0.05, 0) is 23.8 Å². The molecular weight excluding hydrogens is 222 g/mol. The minimum absolute atomic E-state index is 0.286. The second-order valence-electron chi connectivity index (χ2n) is 4.37. The van der Waals surface area contributed by atoms with Crippen molar-refractivity contribution in [2.24, 2.45) is 0 Å². The Bertz CT molecular complexity index is 548. The van der Waals surface area contributed by atoms with Crippen LogP contribution in [-0.2, 0) is 6.54 Å². The zero-order valence-corrected chi connectivity index (χ0v) is 10.9. The number of benzene rings is 2. The molecule has 0 spiro atoms. The van der Waals surface area contributed by atoms with Crippen molar-refractivity contribution in [2.45, 2.75) is 19.5 Å². The summed E-state index contributed by atoms with van der Waals surface area (Å²) in [5.74, 6) is 0.928. The Morgan fingerprint density at radius 1 is 1.28 bits per heavy atom. The Labute approximate surface area is 108 Å². The first kappa shape index (κ1) is 12.7. The zero-order valence-electron chi connectivity index (χ0n) is 10.9. The van der Waals surface area contributed by atoms with Gasteiger partial charge in [-0.3, -0.25) is 0 Å². The van der Waals surface area contributed by atoms with Crippen molar-refractivity contribution in [3.8, 4) is 5.75 Å². The van der Waals surface area contributed by atoms with Crippen LogP contribution >= 0.6 is 0 Å². The van der Waals surface area contributed by atoms with E-state index < -0.39 is 0 Å². The van der Waals surface area contributed by atoms with Crippen molar-refractivity contribution in [2.75, 3.05) is 7.11 Å². The lowest BCUT2D eigenvalue weighted by molar-refractivity contribution is 0.408. The molecular formula is C16H19NO. The summed E-state index contributed by atoms with van der Waals surface area (Å²) in [6.07, 6.45) is 1.90. The SMILES string of the molecule is C=CC(C)NCc1c(OC)ccc2ccccc12. The van der Waals surface area contributed by atoms with Gasteiger partial charge in [0, 0.05) is 18.2 Å². The summed E-state index contributed by atoms with van der Waals surface area (Å²) in [5.41, 5.74) is 1.20. The molecule has 1 atom stereocenters. The molecule has 0 radical (unpaired) electrons. The molecule has 0 aliphatic rings. The van der Waals surface area contributed by atoms with Gasteiger partial charge in [0.2, 0.25) is 0 Å². The lowest BCUT2D eigenvalue weighted by Gasteiger charge is -2.15. The van der Waals surface area contributed by atoms with Gasteiger partial charge in [0.05, 0.1) is 7.11 Å². The van der Waals surface area contributed by atoms with E-state index in [1.807, 2.05) is 12.1 Å². The van der Waals surface area contributed by atoms with Gasteiger partial charge in [0.1, 0.15) is 5.75 Å². The van der Waals surface area contributed by atoms with E-state index in [2.05, 4.69) is 49.2 Å². The van der Waals surface area contributed by atoms with Gasteiger partial charge in [-0.1, -0.05) is 36.4 Å². The molecule has 0 aliphatic heterocycles. The molecule has 2 aromatic rings. The molecule has 0 amide bonds. The Balaban J connectivity index is 2.41. The van der Waals surface area contributed by atoms with E-state index in [9.17, 15) is 0 Å². The second kappa shape index (κ2) is 5.69. The fourth-order valence-electron chi connectivity index (χ4n) is 2.04. The van der Waals surface area contributed by atoms with Crippen molar-refractivity contribution in [1.82, 2.24) is 5.32 Å². The van der Waals surface area contributed by atoms with Crippen molar-refractivity contribution < 1.29 is 4.74 Å². The third-order valence-electron chi connectivity index (χ3n) is 3.17. The Morgan fingerprint density at radius 2 is 2.06 bits per heavy atom. The average Bonchev–Trinajstić information content (AvgIpc) is 2.44. The summed E-state index contributed by atoms with van der Waals surface area (Å²) in [6.45, 7) is 6.65. The molecule has 2 rings (SSSR count). The second-order valence-corrected chi connectivity index (χ2v) is 4.37. The molecule has 0 bridgehead atoms. The number of rotatable bonds is 5. The molecule has 2 aromatic carbocycles. The van der Waals surface area contributed by atoms with Crippen LogP contribution in [-0.4, -0.2) is 13.2 Å². The summed E-state index contributed by atoms with van der Waals surface area (Å²) in [6, 6.07) is 12.8. The number of hydrogen-bond acceptors (Lipinski definition) is 2. The van der Waals surface area contributed by atoms with Gasteiger partial charge in [-0.15, -0.1) is 6.58 Å². The van der Waals surface area contributed by atoms with E-state index in [1.54, 1.807) is 7.11 Å². The number of ether oxygens (including phenoxy) is 1. The number of methoxy groups -OCH3 is 1. The minimum atomic E-state index is 0.286. The molecule has 1 N–H and O–H groups in total. The van der Waals surface area contributed by atoms with Gasteiger partial charge in [-0.25, -0.2) is 0 Å². The van der Waals surface area contributed by atoms with Crippen molar-refractivity contribution in [1.29, 1.82) is 0 Å². The highest BCUT2D eigenvalue weighted by molar-refractivity contribution is 5.87. The maximum atomic E-state index is 5.45. The van der Waals surface area contributed by atoms with E-state index in [4.69, 9.17) is 4.74 Å². The average molecular weight is 241 g/mol. The maximum absolute atomic E-state index is 5.45. The molecule has 2 nitrogen and oxygen atoms in total. The lowest BCUT2D eigenvalue weighted by atomic mass is 10.0. The fourth-order valence-corrected chi connectivity index (χ4v) is 2.04. The highest BCUT2D eigenvalue weighted by Gasteiger charge is 2.08. The van der Waals surface area contributed by atoms with Crippen LogP contribution in [0.2, 0.25) is 0 Å².